The molecule has 2 aromatic carbocycles. The highest BCUT2D eigenvalue weighted by Gasteiger charge is 2.20. The molecule has 30 heavy (non-hydrogen) atoms. The van der Waals surface area contributed by atoms with Crippen LogP contribution in [0.1, 0.15) is 23.9 Å². The molecule has 0 aliphatic rings. The Labute approximate surface area is 179 Å². The molecular weight excluding hydrogens is 402 g/mol. The van der Waals surface area contributed by atoms with Gasteiger partial charge in [0.05, 0.1) is 12.4 Å². The fourth-order valence-electron chi connectivity index (χ4n) is 2.78. The van der Waals surface area contributed by atoms with Crippen molar-refractivity contribution in [3.63, 3.8) is 0 Å². The lowest BCUT2D eigenvalue weighted by Gasteiger charge is -2.12. The van der Waals surface area contributed by atoms with Gasteiger partial charge in [0.1, 0.15) is 18.1 Å². The van der Waals surface area contributed by atoms with Crippen molar-refractivity contribution in [2.45, 2.75) is 37.8 Å². The van der Waals surface area contributed by atoms with E-state index in [1.165, 1.54) is 16.4 Å². The van der Waals surface area contributed by atoms with Gasteiger partial charge in [0.15, 0.2) is 5.82 Å². The summed E-state index contributed by atoms with van der Waals surface area (Å²) >= 11 is 1.22. The highest BCUT2D eigenvalue weighted by atomic mass is 32.2. The molecule has 3 aromatic rings. The molecule has 9 heteroatoms. The Bertz CT molecular complexity index is 1000. The molecule has 0 radical (unpaired) electrons. The summed E-state index contributed by atoms with van der Waals surface area (Å²) in [4.78, 5) is 12.5. The van der Waals surface area contributed by atoms with Crippen LogP contribution in [0.3, 0.4) is 0 Å². The topological polar surface area (TPSA) is 104 Å². The molecule has 0 saturated heterocycles. The van der Waals surface area contributed by atoms with E-state index in [0.717, 1.165) is 22.6 Å². The maximum Gasteiger partial charge on any atom is 0.237 e. The number of benzene rings is 2. The molecular formula is C21H25N5O3S. The number of hydrogen-bond acceptors (Lipinski definition) is 7. The summed E-state index contributed by atoms with van der Waals surface area (Å²) in [6, 6.07) is 13.1. The number of nitrogens with zero attached hydrogens (tertiary/aromatic N) is 3. The zero-order chi connectivity index (χ0) is 21.7. The van der Waals surface area contributed by atoms with Gasteiger partial charge in [-0.2, -0.15) is 0 Å². The Kier molecular flexibility index (Phi) is 6.83. The largest absolute Gasteiger partial charge is 0.497 e. The van der Waals surface area contributed by atoms with Gasteiger partial charge >= 0.3 is 0 Å². The molecule has 8 nitrogen and oxygen atoms in total. The van der Waals surface area contributed by atoms with E-state index in [4.69, 9.17) is 15.3 Å². The summed E-state index contributed by atoms with van der Waals surface area (Å²) in [7, 11) is 1.59. The minimum Gasteiger partial charge on any atom is -0.497 e. The number of nitrogens with two attached hydrogens (primary N) is 1. The van der Waals surface area contributed by atoms with Gasteiger partial charge in [0.2, 0.25) is 11.1 Å². The van der Waals surface area contributed by atoms with Crippen molar-refractivity contribution in [2.24, 2.45) is 0 Å². The summed E-state index contributed by atoms with van der Waals surface area (Å²) in [5, 5.41) is 11.0. The van der Waals surface area contributed by atoms with Crippen LogP contribution in [-0.2, 0) is 11.4 Å². The third kappa shape index (κ3) is 5.44. The Morgan fingerprint density at radius 2 is 1.80 bits per heavy atom. The van der Waals surface area contributed by atoms with E-state index in [2.05, 4.69) is 21.6 Å². The molecule has 1 atom stereocenters. The van der Waals surface area contributed by atoms with Crippen LogP contribution in [0.15, 0.2) is 47.6 Å². The van der Waals surface area contributed by atoms with Crippen LogP contribution in [0.4, 0.5) is 5.69 Å². The van der Waals surface area contributed by atoms with E-state index < -0.39 is 5.25 Å². The summed E-state index contributed by atoms with van der Waals surface area (Å²) < 4.78 is 12.3. The summed E-state index contributed by atoms with van der Waals surface area (Å²) in [6.07, 6.45) is 0. The number of methoxy groups -OCH3 is 1. The van der Waals surface area contributed by atoms with Crippen LogP contribution < -0.4 is 20.6 Å². The molecule has 1 unspecified atom stereocenters. The predicted octanol–water partition coefficient (Wildman–Crippen LogP) is 3.32. The highest BCUT2D eigenvalue weighted by Crippen LogP contribution is 2.23. The quantitative estimate of drug-likeness (QED) is 0.420. The number of rotatable bonds is 8. The average molecular weight is 428 g/mol. The van der Waals surface area contributed by atoms with E-state index in [-0.39, 0.29) is 12.5 Å². The number of aryl methyl sites for hydroxylation is 2. The fraction of sp³-hybridized carbons (Fsp3) is 0.286. The normalized spacial score (nSPS) is 11.7. The fourth-order valence-corrected chi connectivity index (χ4v) is 3.57. The number of ether oxygens (including phenoxy) is 2. The number of nitrogen functional groups attached to an aromatic ring is 1. The van der Waals surface area contributed by atoms with Crippen molar-refractivity contribution < 1.29 is 14.3 Å². The lowest BCUT2D eigenvalue weighted by atomic mass is 10.1. The standard InChI is InChI=1S/C21H25N5O3S/c1-13-9-14(2)11-18(10-13)29-12-19-24-25-21(26(19)22)30-15(3)20(27)23-16-5-7-17(28-4)8-6-16/h5-11,15H,12,22H2,1-4H3,(H,23,27). The van der Waals surface area contributed by atoms with E-state index in [1.54, 1.807) is 38.3 Å². The van der Waals surface area contributed by atoms with Gasteiger partial charge in [-0.05, 0) is 68.3 Å². The van der Waals surface area contributed by atoms with Gasteiger partial charge in [-0.15, -0.1) is 10.2 Å². The van der Waals surface area contributed by atoms with Crippen molar-refractivity contribution in [1.29, 1.82) is 0 Å². The Morgan fingerprint density at radius 3 is 2.43 bits per heavy atom. The van der Waals surface area contributed by atoms with Crippen LogP contribution in [0.5, 0.6) is 11.5 Å². The van der Waals surface area contributed by atoms with Crippen molar-refractivity contribution in [3.8, 4) is 11.5 Å². The smallest absolute Gasteiger partial charge is 0.237 e. The Balaban J connectivity index is 1.58. The molecule has 0 bridgehead atoms. The minimum absolute atomic E-state index is 0.166. The second-order valence-electron chi connectivity index (χ2n) is 6.86. The number of carbonyl (C=O) groups is 1. The summed E-state index contributed by atoms with van der Waals surface area (Å²) in [5.74, 6) is 7.88. The zero-order valence-electron chi connectivity index (χ0n) is 17.4. The lowest BCUT2D eigenvalue weighted by molar-refractivity contribution is -0.115. The van der Waals surface area contributed by atoms with Crippen LogP contribution in [0.25, 0.3) is 0 Å². The first-order valence-electron chi connectivity index (χ1n) is 9.37. The number of amides is 1. The number of anilines is 1. The van der Waals surface area contributed by atoms with Gasteiger partial charge < -0.3 is 20.6 Å². The number of hydrogen-bond donors (Lipinski definition) is 2. The Morgan fingerprint density at radius 1 is 1.13 bits per heavy atom. The van der Waals surface area contributed by atoms with Crippen LogP contribution in [-0.4, -0.2) is 33.1 Å². The first-order valence-corrected chi connectivity index (χ1v) is 10.3. The van der Waals surface area contributed by atoms with Crippen molar-refractivity contribution in [2.75, 3.05) is 18.3 Å². The SMILES string of the molecule is COc1ccc(NC(=O)C(C)Sc2nnc(COc3cc(C)cc(C)c3)n2N)cc1. The van der Waals surface area contributed by atoms with E-state index in [9.17, 15) is 4.79 Å². The van der Waals surface area contributed by atoms with Gasteiger partial charge in [-0.25, -0.2) is 4.68 Å². The second-order valence-corrected chi connectivity index (χ2v) is 8.17. The van der Waals surface area contributed by atoms with Crippen molar-refractivity contribution in [1.82, 2.24) is 14.9 Å². The Hall–Kier alpha value is -3.20. The first kappa shape index (κ1) is 21.5. The molecule has 1 aromatic heterocycles. The average Bonchev–Trinajstić information content (AvgIpc) is 3.05. The predicted molar refractivity (Wildman–Crippen MR) is 117 cm³/mol. The van der Waals surface area contributed by atoms with Gasteiger partial charge in [-0.1, -0.05) is 17.8 Å². The molecule has 0 saturated carbocycles. The molecule has 1 heterocycles. The number of nitrogens with one attached hydrogen (secondary N) is 1. The zero-order valence-corrected chi connectivity index (χ0v) is 18.2. The van der Waals surface area contributed by atoms with E-state index in [0.29, 0.717) is 16.7 Å². The van der Waals surface area contributed by atoms with Crippen LogP contribution in [0.2, 0.25) is 0 Å². The molecule has 0 aliphatic heterocycles. The minimum atomic E-state index is -0.424. The molecule has 0 aliphatic carbocycles. The summed E-state index contributed by atoms with van der Waals surface area (Å²) in [5.41, 5.74) is 2.92. The van der Waals surface area contributed by atoms with E-state index >= 15 is 0 Å². The van der Waals surface area contributed by atoms with Gasteiger partial charge in [0, 0.05) is 5.69 Å². The number of carbonyl (C=O) groups excluding carboxylic acids is 1. The van der Waals surface area contributed by atoms with Crippen molar-refractivity contribution in [3.05, 3.63) is 59.4 Å². The van der Waals surface area contributed by atoms with Gasteiger partial charge in [-0.3, -0.25) is 4.79 Å². The molecule has 3 rings (SSSR count). The van der Waals surface area contributed by atoms with Gasteiger partial charge in [0.25, 0.3) is 0 Å². The van der Waals surface area contributed by atoms with E-state index in [1.807, 2.05) is 26.0 Å². The molecule has 3 N–H and O–H groups in total. The number of aromatic nitrogens is 3. The lowest BCUT2D eigenvalue weighted by Crippen LogP contribution is -2.24. The monoisotopic (exact) mass is 427 g/mol. The highest BCUT2D eigenvalue weighted by molar-refractivity contribution is 8.00. The van der Waals surface area contributed by atoms with Crippen LogP contribution >= 0.6 is 11.8 Å². The first-order chi connectivity index (χ1) is 14.4. The molecule has 1 amide bonds. The molecule has 158 valence electrons. The summed E-state index contributed by atoms with van der Waals surface area (Å²) in [6.45, 7) is 5.99. The third-order valence-electron chi connectivity index (χ3n) is 4.31. The third-order valence-corrected chi connectivity index (χ3v) is 5.36. The number of thioether (sulfide) groups is 1. The molecule has 0 fully saturated rings. The maximum atomic E-state index is 12.5. The molecule has 0 spiro atoms. The van der Waals surface area contributed by atoms with Crippen molar-refractivity contribution >= 4 is 23.4 Å². The second kappa shape index (κ2) is 9.53. The maximum absolute atomic E-state index is 12.5. The van der Waals surface area contributed by atoms with Crippen LogP contribution in [0, 0.1) is 13.8 Å².